The summed E-state index contributed by atoms with van der Waals surface area (Å²) in [5.74, 6) is -1.20. The SMILES string of the molecule is CCOC(=O)C(C)(C)CCCCCCc1ccc(O)c(N(CC(N)=O)[SH](=O)=O)c1. The highest BCUT2D eigenvalue weighted by molar-refractivity contribution is 7.74. The molecule has 0 aliphatic heterocycles. The van der Waals surface area contributed by atoms with Gasteiger partial charge in [0.25, 0.3) is 0 Å². The second kappa shape index (κ2) is 11.6. The largest absolute Gasteiger partial charge is 0.506 e. The summed E-state index contributed by atoms with van der Waals surface area (Å²) >= 11 is 0. The van der Waals surface area contributed by atoms with Gasteiger partial charge in [0, 0.05) is 0 Å². The number of phenolic OH excluding ortho intramolecular Hbond substituents is 1. The number of carbonyl (C=O) groups is 2. The monoisotopic (exact) mass is 428 g/mol. The fourth-order valence-electron chi connectivity index (χ4n) is 2.99. The average molecular weight is 429 g/mol. The van der Waals surface area contributed by atoms with Crippen molar-refractivity contribution in [3.8, 4) is 5.75 Å². The summed E-state index contributed by atoms with van der Waals surface area (Å²) in [4.78, 5) is 23.0. The smallest absolute Gasteiger partial charge is 0.311 e. The molecule has 0 aliphatic carbocycles. The van der Waals surface area contributed by atoms with Crippen LogP contribution < -0.4 is 10.0 Å². The van der Waals surface area contributed by atoms with Crippen LogP contribution in [-0.4, -0.2) is 38.6 Å². The Morgan fingerprint density at radius 2 is 1.83 bits per heavy atom. The minimum absolute atomic E-state index is 0.0496. The van der Waals surface area contributed by atoms with Crippen LogP contribution in [0.15, 0.2) is 18.2 Å². The molecule has 8 nitrogen and oxygen atoms in total. The van der Waals surface area contributed by atoms with Gasteiger partial charge in [-0.25, -0.2) is 8.42 Å². The van der Waals surface area contributed by atoms with Crippen molar-refractivity contribution in [2.24, 2.45) is 11.1 Å². The Morgan fingerprint density at radius 1 is 1.17 bits per heavy atom. The van der Waals surface area contributed by atoms with Crippen molar-refractivity contribution in [1.82, 2.24) is 0 Å². The van der Waals surface area contributed by atoms with Crippen LogP contribution in [0.3, 0.4) is 0 Å². The van der Waals surface area contributed by atoms with Crippen molar-refractivity contribution in [2.45, 2.75) is 59.3 Å². The molecule has 0 atom stereocenters. The summed E-state index contributed by atoms with van der Waals surface area (Å²) in [6.07, 6.45) is 5.17. The number of anilines is 1. The van der Waals surface area contributed by atoms with Gasteiger partial charge in [0.2, 0.25) is 16.8 Å². The summed E-state index contributed by atoms with van der Waals surface area (Å²) in [7, 11) is -3.11. The lowest BCUT2D eigenvalue weighted by molar-refractivity contribution is -0.153. The quantitative estimate of drug-likeness (QED) is 0.251. The normalized spacial score (nSPS) is 11.4. The number of esters is 1. The van der Waals surface area contributed by atoms with Gasteiger partial charge in [0.1, 0.15) is 12.3 Å². The molecule has 3 N–H and O–H groups in total. The van der Waals surface area contributed by atoms with Gasteiger partial charge in [0.15, 0.2) is 0 Å². The third-order valence-corrected chi connectivity index (χ3v) is 5.42. The van der Waals surface area contributed by atoms with E-state index in [-0.39, 0.29) is 17.4 Å². The van der Waals surface area contributed by atoms with E-state index in [1.165, 1.54) is 6.07 Å². The Labute approximate surface area is 174 Å². The number of aromatic hydroxyl groups is 1. The molecule has 164 valence electrons. The van der Waals surface area contributed by atoms with Crippen LogP contribution in [0.2, 0.25) is 0 Å². The maximum absolute atomic E-state index is 11.9. The molecule has 9 heteroatoms. The molecule has 0 radical (unpaired) electrons. The first-order valence-electron chi connectivity index (χ1n) is 9.77. The third kappa shape index (κ3) is 8.31. The first-order chi connectivity index (χ1) is 13.6. The molecule has 0 saturated heterocycles. The molecule has 0 fully saturated rings. The highest BCUT2D eigenvalue weighted by Gasteiger charge is 2.28. The number of hydrogen-bond acceptors (Lipinski definition) is 6. The highest BCUT2D eigenvalue weighted by Crippen LogP contribution is 2.29. The predicted molar refractivity (Wildman–Crippen MR) is 112 cm³/mol. The van der Waals surface area contributed by atoms with Crippen LogP contribution in [0.5, 0.6) is 5.75 Å². The van der Waals surface area contributed by atoms with Crippen LogP contribution >= 0.6 is 0 Å². The molecular weight excluding hydrogens is 396 g/mol. The molecule has 1 aromatic rings. The summed E-state index contributed by atoms with van der Waals surface area (Å²) in [6.45, 7) is 5.44. The number of aryl methyl sites for hydroxylation is 1. The van der Waals surface area contributed by atoms with E-state index < -0.39 is 28.8 Å². The number of ether oxygens (including phenoxy) is 1. The molecule has 1 aromatic carbocycles. The van der Waals surface area contributed by atoms with Gasteiger partial charge in [-0.1, -0.05) is 25.3 Å². The third-order valence-electron chi connectivity index (χ3n) is 4.67. The number of phenols is 1. The van der Waals surface area contributed by atoms with Gasteiger partial charge in [0.05, 0.1) is 17.7 Å². The Bertz CT molecular complexity index is 768. The lowest BCUT2D eigenvalue weighted by Crippen LogP contribution is -2.32. The average Bonchev–Trinajstić information content (AvgIpc) is 2.63. The van der Waals surface area contributed by atoms with Crippen LogP contribution in [0.4, 0.5) is 5.69 Å². The number of hydrogen-bond donors (Lipinski definition) is 3. The van der Waals surface area contributed by atoms with Crippen LogP contribution in [0, 0.1) is 5.41 Å². The van der Waals surface area contributed by atoms with E-state index in [4.69, 9.17) is 10.5 Å². The Hall–Kier alpha value is -2.29. The number of thiol groups is 1. The number of nitrogens with zero attached hydrogens (tertiary/aromatic N) is 1. The number of benzene rings is 1. The zero-order valence-electron chi connectivity index (χ0n) is 17.3. The first-order valence-corrected chi connectivity index (χ1v) is 10.9. The Morgan fingerprint density at radius 3 is 2.41 bits per heavy atom. The zero-order valence-corrected chi connectivity index (χ0v) is 18.2. The molecular formula is C20H32N2O6S. The molecule has 0 saturated carbocycles. The van der Waals surface area contributed by atoms with Crippen molar-refractivity contribution in [3.63, 3.8) is 0 Å². The second-order valence-corrected chi connectivity index (χ2v) is 8.56. The van der Waals surface area contributed by atoms with E-state index in [0.29, 0.717) is 13.0 Å². The number of rotatable bonds is 13. The van der Waals surface area contributed by atoms with Crippen molar-refractivity contribution < 1.29 is 27.9 Å². The summed E-state index contributed by atoms with van der Waals surface area (Å²) in [5, 5.41) is 9.97. The van der Waals surface area contributed by atoms with Gasteiger partial charge < -0.3 is 15.6 Å². The first kappa shape index (κ1) is 24.7. The molecule has 0 heterocycles. The Kier molecular flexibility index (Phi) is 9.94. The number of amides is 1. The number of unbranched alkanes of at least 4 members (excludes halogenated alkanes) is 3. The van der Waals surface area contributed by atoms with Crippen molar-refractivity contribution in [1.29, 1.82) is 0 Å². The maximum Gasteiger partial charge on any atom is 0.311 e. The standard InChI is InChI=1S/C20H32N2O6S/c1-4-28-19(25)20(2,3)12-8-6-5-7-9-15-10-11-17(23)16(13-15)22(29(26)27)14-18(21)24/h10-11,13,23,29H,4-9,12,14H2,1-3H3,(H2,21,24). The summed E-state index contributed by atoms with van der Waals surface area (Å²) in [5.41, 5.74) is 5.51. The molecule has 0 aliphatic rings. The molecule has 1 rings (SSSR count). The highest BCUT2D eigenvalue weighted by atomic mass is 32.2. The van der Waals surface area contributed by atoms with E-state index in [1.807, 2.05) is 13.8 Å². The minimum atomic E-state index is -3.11. The topological polar surface area (TPSA) is 127 Å². The van der Waals surface area contributed by atoms with Crippen LogP contribution in [-0.2, 0) is 31.6 Å². The molecule has 0 bridgehead atoms. The predicted octanol–water partition coefficient (Wildman–Crippen LogP) is 2.29. The zero-order chi connectivity index (χ0) is 22.0. The van der Waals surface area contributed by atoms with Gasteiger partial charge in [-0.2, -0.15) is 0 Å². The van der Waals surface area contributed by atoms with Gasteiger partial charge in [-0.05, 0) is 57.7 Å². The fourth-order valence-corrected chi connectivity index (χ4v) is 3.58. The molecule has 1 amide bonds. The van der Waals surface area contributed by atoms with E-state index in [0.717, 1.165) is 42.0 Å². The maximum atomic E-state index is 11.9. The fraction of sp³-hybridized carbons (Fsp3) is 0.600. The summed E-state index contributed by atoms with van der Waals surface area (Å²) in [6, 6.07) is 4.70. The van der Waals surface area contributed by atoms with Crippen molar-refractivity contribution in [3.05, 3.63) is 23.8 Å². The molecule has 0 spiro atoms. The molecule has 0 unspecified atom stereocenters. The molecule has 29 heavy (non-hydrogen) atoms. The lowest BCUT2D eigenvalue weighted by Gasteiger charge is -2.22. The van der Waals surface area contributed by atoms with Gasteiger partial charge in [-0.3, -0.25) is 13.9 Å². The minimum Gasteiger partial charge on any atom is -0.506 e. The number of carbonyl (C=O) groups excluding carboxylic acids is 2. The summed E-state index contributed by atoms with van der Waals surface area (Å²) < 4.78 is 28.7. The second-order valence-electron chi connectivity index (χ2n) is 7.60. The Balaban J connectivity index is 2.55. The van der Waals surface area contributed by atoms with E-state index >= 15 is 0 Å². The van der Waals surface area contributed by atoms with Crippen molar-refractivity contribution in [2.75, 3.05) is 17.5 Å². The van der Waals surface area contributed by atoms with Crippen molar-refractivity contribution >= 4 is 28.5 Å². The van der Waals surface area contributed by atoms with Gasteiger partial charge in [-0.15, -0.1) is 0 Å². The van der Waals surface area contributed by atoms with E-state index in [2.05, 4.69) is 0 Å². The number of nitrogens with two attached hydrogens (primary N) is 1. The van der Waals surface area contributed by atoms with Crippen LogP contribution in [0.25, 0.3) is 0 Å². The lowest BCUT2D eigenvalue weighted by atomic mass is 9.87. The van der Waals surface area contributed by atoms with Crippen LogP contribution in [0.1, 0.15) is 58.4 Å². The molecule has 0 aromatic heterocycles. The van der Waals surface area contributed by atoms with E-state index in [1.54, 1.807) is 19.1 Å². The number of primary amides is 1. The van der Waals surface area contributed by atoms with E-state index in [9.17, 15) is 23.1 Å². The van der Waals surface area contributed by atoms with Gasteiger partial charge >= 0.3 is 5.97 Å².